The fraction of sp³-hybridized carbons (Fsp3) is 0.391. The monoisotopic (exact) mass is 493 g/mol. The number of ether oxygens (including phenoxy) is 3. The van der Waals surface area contributed by atoms with E-state index in [1.807, 2.05) is 6.07 Å². The highest BCUT2D eigenvalue weighted by Gasteiger charge is 2.29. The van der Waals surface area contributed by atoms with Gasteiger partial charge in [0.05, 0.1) is 26.8 Å². The minimum Gasteiger partial charge on any atom is -0.497 e. The number of nitrogens with zero attached hydrogens (tertiary/aromatic N) is 3. The molecule has 0 spiro atoms. The maximum atomic E-state index is 12.6. The summed E-state index contributed by atoms with van der Waals surface area (Å²) in [6.07, 6.45) is -4.15. The first kappa shape index (κ1) is 25.8. The zero-order valence-electron chi connectivity index (χ0n) is 19.5. The highest BCUT2D eigenvalue weighted by Crippen LogP contribution is 2.27. The van der Waals surface area contributed by atoms with E-state index in [0.717, 1.165) is 5.56 Å². The van der Waals surface area contributed by atoms with Crippen molar-refractivity contribution in [1.82, 2.24) is 15.0 Å². The fourth-order valence-corrected chi connectivity index (χ4v) is 3.38. The van der Waals surface area contributed by atoms with Crippen molar-refractivity contribution in [1.29, 1.82) is 0 Å². The highest BCUT2D eigenvalue weighted by atomic mass is 19.4. The normalized spacial score (nSPS) is 12.2. The number of methoxy groups -OCH3 is 3. The van der Waals surface area contributed by atoms with Crippen LogP contribution in [0.5, 0.6) is 11.5 Å². The maximum absolute atomic E-state index is 12.6. The summed E-state index contributed by atoms with van der Waals surface area (Å²) in [5, 5.41) is 6.01. The van der Waals surface area contributed by atoms with Crippen molar-refractivity contribution in [2.45, 2.75) is 38.0 Å². The molecule has 3 rings (SSSR count). The van der Waals surface area contributed by atoms with Crippen LogP contribution in [0.4, 0.5) is 24.9 Å². The van der Waals surface area contributed by atoms with Gasteiger partial charge in [-0.3, -0.25) is 4.98 Å². The summed E-state index contributed by atoms with van der Waals surface area (Å²) in [6, 6.07) is 7.73. The van der Waals surface area contributed by atoms with E-state index < -0.39 is 24.6 Å². The summed E-state index contributed by atoms with van der Waals surface area (Å²) in [5.41, 5.74) is 1.66. The first-order valence-corrected chi connectivity index (χ1v) is 10.7. The number of benzene rings is 1. The van der Waals surface area contributed by atoms with Gasteiger partial charge in [0.15, 0.2) is 5.82 Å². The second-order valence-electron chi connectivity index (χ2n) is 7.53. The molecular formula is C23H26F3N5O4. The second kappa shape index (κ2) is 11.5. The molecule has 1 aromatic carbocycles. The number of esters is 1. The Balaban J connectivity index is 1.85. The van der Waals surface area contributed by atoms with Gasteiger partial charge in [-0.05, 0) is 37.1 Å². The number of pyridine rings is 1. The summed E-state index contributed by atoms with van der Waals surface area (Å²) in [4.78, 5) is 25.4. The number of rotatable bonds is 11. The topological polar surface area (TPSA) is 107 Å². The van der Waals surface area contributed by atoms with Gasteiger partial charge in [0.1, 0.15) is 23.1 Å². The zero-order valence-corrected chi connectivity index (χ0v) is 19.5. The van der Waals surface area contributed by atoms with Crippen LogP contribution in [0.2, 0.25) is 0 Å². The number of alkyl halides is 3. The molecule has 0 saturated heterocycles. The number of aromatic nitrogens is 3. The molecule has 3 aromatic rings. The van der Waals surface area contributed by atoms with Crippen LogP contribution >= 0.6 is 0 Å². The molecule has 2 aromatic heterocycles. The average Bonchev–Trinajstić information content (AvgIpc) is 2.85. The van der Waals surface area contributed by atoms with Gasteiger partial charge in [0.2, 0.25) is 5.95 Å². The Labute approximate surface area is 200 Å². The molecule has 0 fully saturated rings. The van der Waals surface area contributed by atoms with Crippen LogP contribution in [0, 0.1) is 0 Å². The van der Waals surface area contributed by atoms with Gasteiger partial charge in [-0.2, -0.15) is 18.2 Å². The Morgan fingerprint density at radius 1 is 1.11 bits per heavy atom. The second-order valence-corrected chi connectivity index (χ2v) is 7.53. The van der Waals surface area contributed by atoms with E-state index in [4.69, 9.17) is 14.2 Å². The predicted molar refractivity (Wildman–Crippen MR) is 124 cm³/mol. The minimum absolute atomic E-state index is 0.101. The van der Waals surface area contributed by atoms with E-state index in [1.54, 1.807) is 38.5 Å². The third-order valence-corrected chi connectivity index (χ3v) is 5.14. The standard InChI is InChI=1S/C23H26F3N5O4/c1-33-15-9-8-14(18(12-15)34-2)13-28-22-30-16-7-5-11-27-19(16)20(31-22)29-17(21(32)35-3)6-4-10-23(24,25)26/h5,7-9,11-12,17H,4,6,10,13H2,1-3H3,(H2,28,29,30,31). The van der Waals surface area contributed by atoms with Crippen LogP contribution in [0.15, 0.2) is 36.5 Å². The number of anilines is 2. The lowest BCUT2D eigenvalue weighted by atomic mass is 10.1. The fourth-order valence-electron chi connectivity index (χ4n) is 3.38. The Morgan fingerprint density at radius 3 is 2.60 bits per heavy atom. The summed E-state index contributed by atoms with van der Waals surface area (Å²) in [6.45, 7) is 0.310. The van der Waals surface area contributed by atoms with Crippen molar-refractivity contribution < 1.29 is 32.2 Å². The van der Waals surface area contributed by atoms with E-state index in [9.17, 15) is 18.0 Å². The summed E-state index contributed by atoms with van der Waals surface area (Å²) in [5.74, 6) is 0.969. The average molecular weight is 493 g/mol. The molecule has 0 radical (unpaired) electrons. The molecule has 0 aliphatic rings. The number of nitrogens with one attached hydrogen (secondary N) is 2. The molecule has 35 heavy (non-hydrogen) atoms. The van der Waals surface area contributed by atoms with Gasteiger partial charge in [-0.15, -0.1) is 0 Å². The number of hydrogen-bond donors (Lipinski definition) is 2. The number of carbonyl (C=O) groups excluding carboxylic acids is 1. The third kappa shape index (κ3) is 7.08. The van der Waals surface area contributed by atoms with Gasteiger partial charge in [0.25, 0.3) is 0 Å². The first-order valence-electron chi connectivity index (χ1n) is 10.7. The number of hydrogen-bond acceptors (Lipinski definition) is 9. The lowest BCUT2D eigenvalue weighted by Crippen LogP contribution is -2.31. The van der Waals surface area contributed by atoms with E-state index >= 15 is 0 Å². The van der Waals surface area contributed by atoms with Gasteiger partial charge in [-0.25, -0.2) is 9.78 Å². The van der Waals surface area contributed by atoms with E-state index in [-0.39, 0.29) is 24.6 Å². The molecule has 9 nitrogen and oxygen atoms in total. The molecule has 0 saturated carbocycles. The molecule has 1 unspecified atom stereocenters. The van der Waals surface area contributed by atoms with Crippen molar-refractivity contribution >= 4 is 28.8 Å². The van der Waals surface area contributed by atoms with Gasteiger partial charge >= 0.3 is 12.1 Å². The SMILES string of the molecule is COC(=O)C(CCCC(F)(F)F)Nc1nc(NCc2ccc(OC)cc2OC)nc2cccnc12. The Hall–Kier alpha value is -3.83. The summed E-state index contributed by atoms with van der Waals surface area (Å²) in [7, 11) is 4.28. The Kier molecular flexibility index (Phi) is 8.50. The molecule has 2 N–H and O–H groups in total. The molecule has 0 bridgehead atoms. The molecule has 12 heteroatoms. The van der Waals surface area contributed by atoms with Crippen molar-refractivity contribution in [2.24, 2.45) is 0 Å². The van der Waals surface area contributed by atoms with Gasteiger partial charge in [-0.1, -0.05) is 0 Å². The van der Waals surface area contributed by atoms with E-state index in [1.165, 1.54) is 13.3 Å². The van der Waals surface area contributed by atoms with Crippen molar-refractivity contribution in [3.63, 3.8) is 0 Å². The van der Waals surface area contributed by atoms with Crippen LogP contribution in [0.1, 0.15) is 24.8 Å². The number of carbonyl (C=O) groups is 1. The first-order chi connectivity index (χ1) is 16.7. The molecule has 0 amide bonds. The summed E-state index contributed by atoms with van der Waals surface area (Å²) >= 11 is 0. The lowest BCUT2D eigenvalue weighted by molar-refractivity contribution is -0.144. The van der Waals surface area contributed by atoms with Crippen LogP contribution in [0.3, 0.4) is 0 Å². The Bertz CT molecular complexity index is 1160. The zero-order chi connectivity index (χ0) is 25.4. The molecule has 0 aliphatic heterocycles. The van der Waals surface area contributed by atoms with Crippen molar-refractivity contribution in [3.8, 4) is 11.5 Å². The Morgan fingerprint density at radius 2 is 1.91 bits per heavy atom. The lowest BCUT2D eigenvalue weighted by Gasteiger charge is -2.19. The quantitative estimate of drug-likeness (QED) is 0.377. The van der Waals surface area contributed by atoms with Crippen LogP contribution in [-0.4, -0.2) is 54.5 Å². The van der Waals surface area contributed by atoms with E-state index in [0.29, 0.717) is 29.1 Å². The number of halogens is 3. The predicted octanol–water partition coefficient (Wildman–Crippen LogP) is 4.34. The van der Waals surface area contributed by atoms with Crippen molar-refractivity contribution in [3.05, 3.63) is 42.1 Å². The summed E-state index contributed by atoms with van der Waals surface area (Å²) < 4.78 is 53.2. The largest absolute Gasteiger partial charge is 0.497 e. The highest BCUT2D eigenvalue weighted by molar-refractivity contribution is 5.88. The van der Waals surface area contributed by atoms with Crippen molar-refractivity contribution in [2.75, 3.05) is 32.0 Å². The van der Waals surface area contributed by atoms with Crippen LogP contribution in [0.25, 0.3) is 11.0 Å². The number of fused-ring (bicyclic) bond motifs is 1. The molecule has 0 aliphatic carbocycles. The minimum atomic E-state index is -4.32. The third-order valence-electron chi connectivity index (χ3n) is 5.14. The maximum Gasteiger partial charge on any atom is 0.389 e. The van der Waals surface area contributed by atoms with Crippen LogP contribution < -0.4 is 20.1 Å². The molecule has 2 heterocycles. The molecular weight excluding hydrogens is 467 g/mol. The van der Waals surface area contributed by atoms with Gasteiger partial charge < -0.3 is 24.8 Å². The van der Waals surface area contributed by atoms with Crippen LogP contribution in [-0.2, 0) is 16.1 Å². The van der Waals surface area contributed by atoms with Gasteiger partial charge in [0, 0.05) is 30.8 Å². The molecule has 188 valence electrons. The smallest absolute Gasteiger partial charge is 0.389 e. The van der Waals surface area contributed by atoms with E-state index in [2.05, 4.69) is 25.6 Å². The molecule has 1 atom stereocenters.